The van der Waals surface area contributed by atoms with E-state index in [1.165, 1.54) is 16.8 Å². The van der Waals surface area contributed by atoms with Crippen LogP contribution in [0.25, 0.3) is 0 Å². The Hall–Kier alpha value is -1.50. The number of carbonyl (C=O) groups excluding carboxylic acids is 2. The molecule has 2 aromatic rings. The fraction of sp³-hybridized carbons (Fsp3) is 0.267. The van der Waals surface area contributed by atoms with Crippen LogP contribution in [0, 0.1) is 6.92 Å². The molecule has 0 saturated carbocycles. The third-order valence-electron chi connectivity index (χ3n) is 3.01. The molecule has 0 atom stereocenters. The second kappa shape index (κ2) is 7.38. The summed E-state index contributed by atoms with van der Waals surface area (Å²) >= 11 is 13.0. The summed E-state index contributed by atoms with van der Waals surface area (Å²) in [5.74, 6) is 0.299. The van der Waals surface area contributed by atoms with Gasteiger partial charge in [-0.25, -0.2) is 9.48 Å². The van der Waals surface area contributed by atoms with E-state index in [0.717, 1.165) is 11.8 Å². The molecule has 23 heavy (non-hydrogen) atoms. The van der Waals surface area contributed by atoms with Crippen LogP contribution in [-0.2, 0) is 7.05 Å². The zero-order chi connectivity index (χ0) is 17.1. The quantitative estimate of drug-likeness (QED) is 0.583. The van der Waals surface area contributed by atoms with Gasteiger partial charge in [0.15, 0.2) is 0 Å². The van der Waals surface area contributed by atoms with Gasteiger partial charge in [0.1, 0.15) is 5.56 Å². The van der Waals surface area contributed by atoms with Gasteiger partial charge in [-0.1, -0.05) is 30.1 Å². The van der Waals surface area contributed by atoms with Crippen molar-refractivity contribution < 1.29 is 14.3 Å². The number of hydrogen-bond acceptors (Lipinski definition) is 5. The van der Waals surface area contributed by atoms with Crippen LogP contribution in [0.1, 0.15) is 28.5 Å². The summed E-state index contributed by atoms with van der Waals surface area (Å²) in [4.78, 5) is 24.5. The molecule has 0 fully saturated rings. The summed E-state index contributed by atoms with van der Waals surface area (Å²) < 4.78 is 6.64. The lowest BCUT2D eigenvalue weighted by atomic mass is 10.0. The van der Waals surface area contributed by atoms with Crippen molar-refractivity contribution in [3.8, 4) is 5.88 Å². The standard InChI is InChI=1S/C15H14Cl2N2O3S/c1-4-23-15(21)22-14-12(8(2)18-19(14)3)13(20)10-6-5-9(16)7-11(10)17/h5-7H,4H2,1-3H3. The molecule has 0 spiro atoms. The molecule has 122 valence electrons. The van der Waals surface area contributed by atoms with Crippen LogP contribution in [0.15, 0.2) is 18.2 Å². The van der Waals surface area contributed by atoms with Crippen LogP contribution in [0.4, 0.5) is 4.79 Å². The van der Waals surface area contributed by atoms with E-state index in [4.69, 9.17) is 27.9 Å². The van der Waals surface area contributed by atoms with Gasteiger partial charge in [0.05, 0.1) is 10.7 Å². The minimum absolute atomic E-state index is 0.101. The summed E-state index contributed by atoms with van der Waals surface area (Å²) in [6, 6.07) is 4.59. The van der Waals surface area contributed by atoms with Crippen molar-refractivity contribution in [3.05, 3.63) is 45.1 Å². The molecule has 0 radical (unpaired) electrons. The molecule has 0 aliphatic carbocycles. The van der Waals surface area contributed by atoms with E-state index in [-0.39, 0.29) is 27.8 Å². The summed E-state index contributed by atoms with van der Waals surface area (Å²) in [7, 11) is 1.60. The first kappa shape index (κ1) is 17.8. The minimum Gasteiger partial charge on any atom is -0.399 e. The largest absolute Gasteiger partial charge is 0.399 e. The molecule has 1 aromatic carbocycles. The SMILES string of the molecule is CCSC(=O)Oc1c(C(=O)c2ccc(Cl)cc2Cl)c(C)nn1C. The van der Waals surface area contributed by atoms with Gasteiger partial charge in [-0.05, 0) is 36.9 Å². The molecule has 1 aromatic heterocycles. The Kier molecular flexibility index (Phi) is 5.73. The molecule has 2 rings (SSSR count). The molecule has 0 aliphatic rings. The molecular formula is C15H14Cl2N2O3S. The second-order valence-corrected chi connectivity index (χ2v) is 6.67. The lowest BCUT2D eigenvalue weighted by molar-refractivity contribution is 0.103. The lowest BCUT2D eigenvalue weighted by Gasteiger charge is -2.07. The van der Waals surface area contributed by atoms with Crippen LogP contribution in [0.3, 0.4) is 0 Å². The monoisotopic (exact) mass is 372 g/mol. The Morgan fingerprint density at radius 3 is 2.65 bits per heavy atom. The number of aryl methyl sites for hydroxylation is 2. The molecule has 5 nitrogen and oxygen atoms in total. The molecular weight excluding hydrogens is 359 g/mol. The topological polar surface area (TPSA) is 61.2 Å². The zero-order valence-corrected chi connectivity index (χ0v) is 15.1. The summed E-state index contributed by atoms with van der Waals surface area (Å²) in [6.07, 6.45) is 0. The number of rotatable bonds is 4. The predicted octanol–water partition coefficient (Wildman–Crippen LogP) is 4.52. The van der Waals surface area contributed by atoms with Crippen LogP contribution in [0.5, 0.6) is 5.88 Å². The number of halogens is 2. The number of nitrogens with zero attached hydrogens (tertiary/aromatic N) is 2. The highest BCUT2D eigenvalue weighted by molar-refractivity contribution is 8.13. The predicted molar refractivity (Wildman–Crippen MR) is 92.0 cm³/mol. The number of carbonyl (C=O) groups is 2. The average molecular weight is 373 g/mol. The van der Waals surface area contributed by atoms with Crippen LogP contribution < -0.4 is 4.74 Å². The average Bonchev–Trinajstić information content (AvgIpc) is 2.73. The van der Waals surface area contributed by atoms with Gasteiger partial charge >= 0.3 is 5.30 Å². The Labute approximate surface area is 147 Å². The summed E-state index contributed by atoms with van der Waals surface area (Å²) in [6.45, 7) is 3.50. The Bertz CT molecular complexity index is 774. The van der Waals surface area contributed by atoms with Crippen molar-refractivity contribution in [2.24, 2.45) is 7.05 Å². The Morgan fingerprint density at radius 1 is 1.35 bits per heavy atom. The van der Waals surface area contributed by atoms with Crippen LogP contribution in [-0.4, -0.2) is 26.6 Å². The number of hydrogen-bond donors (Lipinski definition) is 0. The highest BCUT2D eigenvalue weighted by atomic mass is 35.5. The van der Waals surface area contributed by atoms with Gasteiger partial charge in [-0.15, -0.1) is 0 Å². The molecule has 0 N–H and O–H groups in total. The van der Waals surface area contributed by atoms with Gasteiger partial charge < -0.3 is 4.74 Å². The van der Waals surface area contributed by atoms with E-state index < -0.39 is 5.30 Å². The maximum absolute atomic E-state index is 12.8. The fourth-order valence-electron chi connectivity index (χ4n) is 2.05. The molecule has 8 heteroatoms. The van der Waals surface area contributed by atoms with Crippen molar-refractivity contribution in [1.29, 1.82) is 0 Å². The van der Waals surface area contributed by atoms with Gasteiger partial charge in [-0.2, -0.15) is 5.10 Å². The van der Waals surface area contributed by atoms with Crippen molar-refractivity contribution in [1.82, 2.24) is 9.78 Å². The van der Waals surface area contributed by atoms with E-state index in [2.05, 4.69) is 5.10 Å². The van der Waals surface area contributed by atoms with Gasteiger partial charge in [0, 0.05) is 23.4 Å². The molecule has 1 heterocycles. The third kappa shape index (κ3) is 3.88. The lowest BCUT2D eigenvalue weighted by Crippen LogP contribution is -2.10. The Morgan fingerprint density at radius 2 is 2.04 bits per heavy atom. The maximum atomic E-state index is 12.8. The smallest absolute Gasteiger partial charge is 0.374 e. The molecule has 0 amide bonds. The summed E-state index contributed by atoms with van der Waals surface area (Å²) in [5, 5.41) is 4.32. The highest BCUT2D eigenvalue weighted by Crippen LogP contribution is 2.29. The number of ketones is 1. The first-order valence-corrected chi connectivity index (χ1v) is 8.47. The second-order valence-electron chi connectivity index (χ2n) is 4.63. The van der Waals surface area contributed by atoms with Crippen LogP contribution in [0.2, 0.25) is 10.0 Å². The minimum atomic E-state index is -0.494. The first-order chi connectivity index (χ1) is 10.8. The molecule has 0 saturated heterocycles. The third-order valence-corrected chi connectivity index (χ3v) is 4.17. The molecule has 0 bridgehead atoms. The molecule has 0 unspecified atom stereocenters. The van der Waals surface area contributed by atoms with Crippen LogP contribution >= 0.6 is 35.0 Å². The number of aromatic nitrogens is 2. The van der Waals surface area contributed by atoms with E-state index >= 15 is 0 Å². The number of ether oxygens (including phenoxy) is 1. The van der Waals surface area contributed by atoms with Crippen molar-refractivity contribution in [3.63, 3.8) is 0 Å². The normalized spacial score (nSPS) is 10.7. The van der Waals surface area contributed by atoms with E-state index in [0.29, 0.717) is 16.5 Å². The van der Waals surface area contributed by atoms with Crippen molar-refractivity contribution in [2.45, 2.75) is 13.8 Å². The van der Waals surface area contributed by atoms with Gasteiger partial charge in [0.25, 0.3) is 0 Å². The van der Waals surface area contributed by atoms with Gasteiger partial charge in [0.2, 0.25) is 11.7 Å². The first-order valence-electron chi connectivity index (χ1n) is 6.73. The molecule has 0 aliphatic heterocycles. The van der Waals surface area contributed by atoms with E-state index in [1.807, 2.05) is 6.92 Å². The van der Waals surface area contributed by atoms with E-state index in [1.54, 1.807) is 20.0 Å². The van der Waals surface area contributed by atoms with Crippen molar-refractivity contribution >= 4 is 46.0 Å². The number of benzene rings is 1. The van der Waals surface area contributed by atoms with Crippen molar-refractivity contribution in [2.75, 3.05) is 5.75 Å². The maximum Gasteiger partial charge on any atom is 0.374 e. The Balaban J connectivity index is 2.46. The highest BCUT2D eigenvalue weighted by Gasteiger charge is 2.26. The van der Waals surface area contributed by atoms with E-state index in [9.17, 15) is 9.59 Å². The summed E-state index contributed by atoms with van der Waals surface area (Å²) in [5.41, 5.74) is 0.933. The zero-order valence-electron chi connectivity index (χ0n) is 12.7. The number of thioether (sulfide) groups is 1. The fourth-order valence-corrected chi connectivity index (χ4v) is 2.92. The van der Waals surface area contributed by atoms with Gasteiger partial charge in [-0.3, -0.25) is 4.79 Å².